The molecule has 0 saturated carbocycles. The van der Waals surface area contributed by atoms with E-state index in [1.165, 1.54) is 6.07 Å². The molecule has 0 bridgehead atoms. The number of hydrogen-bond acceptors (Lipinski definition) is 2. The zero-order valence-corrected chi connectivity index (χ0v) is 9.41. The minimum atomic E-state index is -0.138. The fourth-order valence-electron chi connectivity index (χ4n) is 1.80. The average Bonchev–Trinajstić information content (AvgIpc) is 2.25. The van der Waals surface area contributed by atoms with E-state index >= 15 is 0 Å². The van der Waals surface area contributed by atoms with Crippen LogP contribution in [0.2, 0.25) is 0 Å². The van der Waals surface area contributed by atoms with Gasteiger partial charge < -0.3 is 5.73 Å². The molecule has 2 N–H and O–H groups in total. The van der Waals surface area contributed by atoms with Crippen LogP contribution in [0.25, 0.3) is 0 Å². The number of hydrogen-bond donors (Lipinski definition) is 1. The van der Waals surface area contributed by atoms with Crippen LogP contribution in [0.1, 0.15) is 25.5 Å². The normalized spacial score (nSPS) is 13.1. The number of benzene rings is 1. The molecule has 0 aliphatic carbocycles. The van der Waals surface area contributed by atoms with Crippen molar-refractivity contribution in [1.82, 2.24) is 4.90 Å². The van der Waals surface area contributed by atoms with Crippen LogP contribution in [-0.4, -0.2) is 24.5 Å². The number of nitrogens with zero attached hydrogens (tertiary/aromatic N) is 1. The van der Waals surface area contributed by atoms with Gasteiger partial charge in [0, 0.05) is 24.7 Å². The second-order valence-electron chi connectivity index (χ2n) is 3.61. The van der Waals surface area contributed by atoms with Crippen LogP contribution in [0.15, 0.2) is 24.3 Å². The summed E-state index contributed by atoms with van der Waals surface area (Å²) in [5, 5.41) is 0. The van der Waals surface area contributed by atoms with Crippen molar-refractivity contribution in [3.05, 3.63) is 35.6 Å². The molecule has 0 radical (unpaired) electrons. The largest absolute Gasteiger partial charge is 0.329 e. The maximum absolute atomic E-state index is 13.5. The predicted octanol–water partition coefficient (Wildman–Crippen LogP) is 2.17. The van der Waals surface area contributed by atoms with Crippen LogP contribution in [0.4, 0.5) is 4.39 Å². The fourth-order valence-corrected chi connectivity index (χ4v) is 1.80. The lowest BCUT2D eigenvalue weighted by Gasteiger charge is -2.27. The maximum Gasteiger partial charge on any atom is 0.127 e. The van der Waals surface area contributed by atoms with E-state index in [-0.39, 0.29) is 11.9 Å². The molecule has 0 amide bonds. The Hall–Kier alpha value is -0.930. The number of halogens is 1. The molecule has 1 rings (SSSR count). The van der Waals surface area contributed by atoms with Gasteiger partial charge in [0.25, 0.3) is 0 Å². The molecule has 1 atom stereocenters. The van der Waals surface area contributed by atoms with Gasteiger partial charge in [-0.15, -0.1) is 0 Å². The van der Waals surface area contributed by atoms with E-state index < -0.39 is 0 Å². The first kappa shape index (κ1) is 12.1. The molecule has 0 saturated heterocycles. The van der Waals surface area contributed by atoms with Crippen molar-refractivity contribution >= 4 is 0 Å². The molecule has 84 valence electrons. The highest BCUT2D eigenvalue weighted by Crippen LogP contribution is 2.21. The first-order valence-corrected chi connectivity index (χ1v) is 5.39. The van der Waals surface area contributed by atoms with Crippen molar-refractivity contribution in [3.8, 4) is 0 Å². The highest BCUT2D eigenvalue weighted by Gasteiger charge is 2.16. The first-order chi connectivity index (χ1) is 7.20. The second kappa shape index (κ2) is 5.83. The minimum absolute atomic E-state index is 0.0831. The lowest BCUT2D eigenvalue weighted by Crippen LogP contribution is -2.32. The SMILES string of the molecule is CCN(CCN)[C@@H](C)c1ccccc1F. The zero-order valence-electron chi connectivity index (χ0n) is 9.41. The van der Waals surface area contributed by atoms with Gasteiger partial charge in [-0.25, -0.2) is 4.39 Å². The summed E-state index contributed by atoms with van der Waals surface area (Å²) in [7, 11) is 0. The van der Waals surface area contributed by atoms with Gasteiger partial charge in [-0.2, -0.15) is 0 Å². The van der Waals surface area contributed by atoms with Crippen LogP contribution >= 0.6 is 0 Å². The summed E-state index contributed by atoms with van der Waals surface area (Å²) in [6.07, 6.45) is 0. The van der Waals surface area contributed by atoms with E-state index in [9.17, 15) is 4.39 Å². The Morgan fingerprint density at radius 1 is 1.40 bits per heavy atom. The van der Waals surface area contributed by atoms with E-state index in [2.05, 4.69) is 11.8 Å². The molecule has 0 aromatic heterocycles. The van der Waals surface area contributed by atoms with Crippen molar-refractivity contribution in [2.45, 2.75) is 19.9 Å². The standard InChI is InChI=1S/C12H19FN2/c1-3-15(9-8-14)10(2)11-6-4-5-7-12(11)13/h4-7,10H,3,8-9,14H2,1-2H3/t10-/m0/s1. The molecule has 0 aliphatic rings. The average molecular weight is 210 g/mol. The summed E-state index contributed by atoms with van der Waals surface area (Å²) in [5.41, 5.74) is 6.27. The van der Waals surface area contributed by atoms with Crippen molar-refractivity contribution < 1.29 is 4.39 Å². The second-order valence-corrected chi connectivity index (χ2v) is 3.61. The topological polar surface area (TPSA) is 29.3 Å². The Labute approximate surface area is 90.9 Å². The molecular formula is C12H19FN2. The van der Waals surface area contributed by atoms with Gasteiger partial charge in [-0.3, -0.25) is 4.90 Å². The summed E-state index contributed by atoms with van der Waals surface area (Å²) in [6.45, 7) is 6.36. The summed E-state index contributed by atoms with van der Waals surface area (Å²) in [5.74, 6) is -0.138. The third kappa shape index (κ3) is 3.01. The summed E-state index contributed by atoms with van der Waals surface area (Å²) in [4.78, 5) is 2.17. The summed E-state index contributed by atoms with van der Waals surface area (Å²) < 4.78 is 13.5. The fraction of sp³-hybridized carbons (Fsp3) is 0.500. The van der Waals surface area contributed by atoms with Gasteiger partial charge in [0.05, 0.1) is 0 Å². The van der Waals surface area contributed by atoms with E-state index in [1.807, 2.05) is 19.1 Å². The van der Waals surface area contributed by atoms with Gasteiger partial charge >= 0.3 is 0 Å². The molecule has 2 nitrogen and oxygen atoms in total. The van der Waals surface area contributed by atoms with Crippen LogP contribution in [0.3, 0.4) is 0 Å². The van der Waals surface area contributed by atoms with Crippen LogP contribution < -0.4 is 5.73 Å². The summed E-state index contributed by atoms with van der Waals surface area (Å²) in [6, 6.07) is 7.00. The first-order valence-electron chi connectivity index (χ1n) is 5.39. The van der Waals surface area contributed by atoms with E-state index in [4.69, 9.17) is 5.73 Å². The molecule has 0 unspecified atom stereocenters. The van der Waals surface area contributed by atoms with Crippen molar-refractivity contribution in [2.75, 3.05) is 19.6 Å². The lowest BCUT2D eigenvalue weighted by molar-refractivity contribution is 0.224. The molecule has 0 spiro atoms. The zero-order chi connectivity index (χ0) is 11.3. The lowest BCUT2D eigenvalue weighted by atomic mass is 10.1. The van der Waals surface area contributed by atoms with E-state index in [0.29, 0.717) is 6.54 Å². The number of likely N-dealkylation sites (N-methyl/N-ethyl adjacent to an activating group) is 1. The Morgan fingerprint density at radius 3 is 2.60 bits per heavy atom. The monoisotopic (exact) mass is 210 g/mol. The predicted molar refractivity (Wildman–Crippen MR) is 61.1 cm³/mol. The molecular weight excluding hydrogens is 191 g/mol. The van der Waals surface area contributed by atoms with Crippen molar-refractivity contribution in [2.24, 2.45) is 5.73 Å². The molecule has 0 aliphatic heterocycles. The third-order valence-corrected chi connectivity index (χ3v) is 2.73. The third-order valence-electron chi connectivity index (χ3n) is 2.73. The Bertz CT molecular complexity index is 301. The Morgan fingerprint density at radius 2 is 2.07 bits per heavy atom. The highest BCUT2D eigenvalue weighted by molar-refractivity contribution is 5.20. The van der Waals surface area contributed by atoms with Gasteiger partial charge in [0.2, 0.25) is 0 Å². The maximum atomic E-state index is 13.5. The number of nitrogens with two attached hydrogens (primary N) is 1. The minimum Gasteiger partial charge on any atom is -0.329 e. The van der Waals surface area contributed by atoms with E-state index in [0.717, 1.165) is 18.7 Å². The van der Waals surface area contributed by atoms with Gasteiger partial charge in [0.1, 0.15) is 5.82 Å². The molecule has 1 aromatic carbocycles. The quantitative estimate of drug-likeness (QED) is 0.807. The van der Waals surface area contributed by atoms with Crippen LogP contribution in [0, 0.1) is 5.82 Å². The highest BCUT2D eigenvalue weighted by atomic mass is 19.1. The Kier molecular flexibility index (Phi) is 4.72. The number of rotatable bonds is 5. The van der Waals surface area contributed by atoms with Crippen molar-refractivity contribution in [3.63, 3.8) is 0 Å². The van der Waals surface area contributed by atoms with Gasteiger partial charge in [-0.1, -0.05) is 25.1 Å². The molecule has 3 heteroatoms. The molecule has 15 heavy (non-hydrogen) atoms. The van der Waals surface area contributed by atoms with Crippen molar-refractivity contribution in [1.29, 1.82) is 0 Å². The molecule has 0 fully saturated rings. The van der Waals surface area contributed by atoms with E-state index in [1.54, 1.807) is 6.07 Å². The Balaban J connectivity index is 2.82. The van der Waals surface area contributed by atoms with Gasteiger partial charge in [0.15, 0.2) is 0 Å². The smallest absolute Gasteiger partial charge is 0.127 e. The molecule has 0 heterocycles. The summed E-state index contributed by atoms with van der Waals surface area (Å²) >= 11 is 0. The van der Waals surface area contributed by atoms with Crippen LogP contribution in [0.5, 0.6) is 0 Å². The van der Waals surface area contributed by atoms with Crippen LogP contribution in [-0.2, 0) is 0 Å². The molecule has 1 aromatic rings. The van der Waals surface area contributed by atoms with Gasteiger partial charge in [-0.05, 0) is 19.5 Å².